The lowest BCUT2D eigenvalue weighted by molar-refractivity contribution is -0.138. The van der Waals surface area contributed by atoms with Crippen molar-refractivity contribution in [1.29, 1.82) is 0 Å². The molecule has 0 radical (unpaired) electrons. The van der Waals surface area contributed by atoms with Crippen LogP contribution in [0.25, 0.3) is 43.4 Å². The fraction of sp³-hybridized carbons (Fsp3) is 0.333. The fourth-order valence-electron chi connectivity index (χ4n) is 9.66. The molecule has 24 nitrogen and oxygen atoms in total. The van der Waals surface area contributed by atoms with Gasteiger partial charge in [-0.05, 0) is 43.4 Å². The highest BCUT2D eigenvalue weighted by Crippen LogP contribution is 2.40. The molecule has 10 bridgehead atoms. The van der Waals surface area contributed by atoms with Crippen molar-refractivity contribution in [2.45, 2.75) is 82.6 Å². The number of nitrogens with zero attached hydrogens (tertiary/aromatic N) is 8. The average molecular weight is 1250 g/mol. The van der Waals surface area contributed by atoms with E-state index in [0.717, 1.165) is 22.7 Å². The number of amides is 7. The number of rotatable bonds is 9. The maximum Gasteiger partial charge on any atom is 0.271 e. The zero-order valence-corrected chi connectivity index (χ0v) is 50.0. The van der Waals surface area contributed by atoms with Gasteiger partial charge in [-0.1, -0.05) is 44.2 Å². The first-order chi connectivity index (χ1) is 40.5. The lowest BCUT2D eigenvalue weighted by Crippen LogP contribution is -2.50. The van der Waals surface area contributed by atoms with Crippen LogP contribution in [-0.4, -0.2) is 125 Å². The molecule has 7 aromatic heterocycles. The van der Waals surface area contributed by atoms with Crippen molar-refractivity contribution in [3.05, 3.63) is 118 Å². The minimum Gasteiger partial charge on any atom is -0.386 e. The molecule has 10 heterocycles. The van der Waals surface area contributed by atoms with E-state index in [-0.39, 0.29) is 41.9 Å². The summed E-state index contributed by atoms with van der Waals surface area (Å²) < 4.78 is 6.03. The van der Waals surface area contributed by atoms with E-state index in [9.17, 15) is 38.7 Å². The molecule has 7 amide bonds. The number of pyridine rings is 1. The van der Waals surface area contributed by atoms with Gasteiger partial charge in [0.05, 0.1) is 43.0 Å². The van der Waals surface area contributed by atoms with Crippen LogP contribution >= 0.6 is 68.0 Å². The van der Waals surface area contributed by atoms with Crippen LogP contribution in [0.3, 0.4) is 0 Å². The normalized spacial score (nSPS) is 20.9. The molecular formula is C54H53N15O9S6. The number of carbonyl (C=O) groups excluding carboxylic acids is 7. The number of nitrogens with two attached hydrogens (primary N) is 1. The number of aryl methyl sites for hydroxylation is 1. The Morgan fingerprint density at radius 1 is 0.738 bits per heavy atom. The van der Waals surface area contributed by atoms with Crippen molar-refractivity contribution in [2.75, 3.05) is 26.7 Å². The first-order valence-electron chi connectivity index (χ1n) is 26.4. The molecule has 0 saturated carbocycles. The Labute approximate surface area is 503 Å². The summed E-state index contributed by atoms with van der Waals surface area (Å²) in [6, 6.07) is 8.29. The zero-order valence-electron chi connectivity index (χ0n) is 45.1. The van der Waals surface area contributed by atoms with Crippen LogP contribution in [0.2, 0.25) is 0 Å². The van der Waals surface area contributed by atoms with Gasteiger partial charge in [0.2, 0.25) is 23.6 Å². The molecule has 3 aliphatic heterocycles. The van der Waals surface area contributed by atoms with Crippen LogP contribution in [0.1, 0.15) is 126 Å². The molecule has 2 fully saturated rings. The van der Waals surface area contributed by atoms with E-state index in [1.807, 2.05) is 19.9 Å². The minimum absolute atomic E-state index is 0.0233. The Morgan fingerprint density at radius 3 is 2.20 bits per heavy atom. The van der Waals surface area contributed by atoms with Crippen LogP contribution in [0.5, 0.6) is 0 Å². The molecule has 11 rings (SSSR count). The Balaban J connectivity index is 0.951. The highest BCUT2D eigenvalue weighted by molar-refractivity contribution is 7.15. The second-order valence-electron chi connectivity index (χ2n) is 20.1. The molecular weight excluding hydrogens is 1200 g/mol. The summed E-state index contributed by atoms with van der Waals surface area (Å²) in [5, 5.41) is 40.1. The summed E-state index contributed by atoms with van der Waals surface area (Å²) in [6.07, 6.45) is -1.02. The van der Waals surface area contributed by atoms with Crippen LogP contribution in [0, 0.1) is 12.8 Å². The molecule has 7 atom stereocenters. The van der Waals surface area contributed by atoms with Gasteiger partial charge in [0.15, 0.2) is 6.23 Å². The number of hydrogen-bond acceptors (Lipinski definition) is 23. The Morgan fingerprint density at radius 2 is 1.43 bits per heavy atom. The number of aliphatic hydroxyl groups is 1. The van der Waals surface area contributed by atoms with E-state index in [0.29, 0.717) is 93.9 Å². The Hall–Kier alpha value is -7.68. The molecule has 7 unspecified atom stereocenters. The summed E-state index contributed by atoms with van der Waals surface area (Å²) in [6.45, 7) is 5.49. The number of nitrogens with one attached hydrogen (secondary N) is 6. The van der Waals surface area contributed by atoms with Crippen LogP contribution < -0.4 is 37.6 Å². The van der Waals surface area contributed by atoms with Crippen molar-refractivity contribution in [3.63, 3.8) is 0 Å². The van der Waals surface area contributed by atoms with E-state index in [1.54, 1.807) is 64.8 Å². The standard InChI is InChI=1S/C54H53N15O9S6/c1-23(2)38-52-63-31(19-82-52)44(74)57-16-37(71)66-41(42(72)25-9-6-5-7-10-25)53-65-34(22-83-53)50-61-30(18-80-50)40-26(48-62-32(20-79-48)45(75)59-28(15-36(70)56-4)51-68-39(24(3)84-51)46(76)67-38)12-13-27(58-40)49-64-33(21-81-49)47-60-29(17-78-47)54(77)69-14-8-11-35(69)43(55)73/h5-7,9-10,12-13,18-23,28-29,35,38,41-42,47,60,72H,8,11,14-17H2,1-4H3,(H2,55,73)(H,56,70)(H,57,74)(H,59,75)(H,66,71)(H,67,76). The quantitative estimate of drug-likeness (QED) is 0.0868. The molecule has 30 heteroatoms. The van der Waals surface area contributed by atoms with E-state index < -0.39 is 84.5 Å². The number of benzene rings is 1. The summed E-state index contributed by atoms with van der Waals surface area (Å²) in [5.41, 5.74) is 8.98. The summed E-state index contributed by atoms with van der Waals surface area (Å²) in [5.74, 6) is -3.81. The van der Waals surface area contributed by atoms with Crippen molar-refractivity contribution >= 4 is 109 Å². The summed E-state index contributed by atoms with van der Waals surface area (Å²) in [4.78, 5) is 130. The predicted molar refractivity (Wildman–Crippen MR) is 316 cm³/mol. The van der Waals surface area contributed by atoms with Gasteiger partial charge >= 0.3 is 0 Å². The number of fused-ring (bicyclic) bond motifs is 14. The highest BCUT2D eigenvalue weighted by Gasteiger charge is 2.41. The van der Waals surface area contributed by atoms with Gasteiger partial charge in [0.25, 0.3) is 17.7 Å². The van der Waals surface area contributed by atoms with Gasteiger partial charge in [0.1, 0.15) is 88.4 Å². The molecule has 1 aromatic carbocycles. The molecule has 0 aliphatic carbocycles. The van der Waals surface area contributed by atoms with Crippen molar-refractivity contribution in [3.8, 4) is 43.4 Å². The lowest BCUT2D eigenvalue weighted by atomic mass is 10.0. The smallest absolute Gasteiger partial charge is 0.271 e. The number of aromatic nitrogens is 7. The van der Waals surface area contributed by atoms with Gasteiger partial charge in [-0.25, -0.2) is 34.9 Å². The second kappa shape index (κ2) is 24.9. The van der Waals surface area contributed by atoms with Crippen molar-refractivity contribution < 1.29 is 43.4 Å². The first-order valence-corrected chi connectivity index (χ1v) is 31.6. The maximum atomic E-state index is 14.3. The predicted octanol–water partition coefficient (Wildman–Crippen LogP) is 5.63. The molecule has 2 saturated heterocycles. The largest absolute Gasteiger partial charge is 0.386 e. The lowest BCUT2D eigenvalue weighted by Gasteiger charge is -2.24. The third-order valence-corrected chi connectivity index (χ3v) is 19.6. The topological polar surface area (TPSA) is 341 Å². The third kappa shape index (κ3) is 12.3. The SMILES string of the molecule is CNC(=O)CC1NC(=O)c2csc(n2)-c2ccc(-c3nc(C4NC(C(=O)N5CCCC5C(N)=O)CO4)cs3)nc2-c2csc(n2)-c2csc(n2)C(C(O)c2ccccc2)NC(=O)CNC(=O)c2csc(n2)C(C(C)C)NC(=O)c2nc1sc2C. The van der Waals surface area contributed by atoms with Gasteiger partial charge in [0, 0.05) is 50.9 Å². The van der Waals surface area contributed by atoms with Gasteiger partial charge in [-0.2, -0.15) is 0 Å². The number of thiazole rings is 6. The molecule has 9 N–H and O–H groups in total. The number of likely N-dealkylation sites (tertiary alicyclic amines) is 1. The van der Waals surface area contributed by atoms with Crippen molar-refractivity contribution in [2.24, 2.45) is 11.7 Å². The Bertz CT molecular complexity index is 3820. The van der Waals surface area contributed by atoms with E-state index in [2.05, 4.69) is 41.9 Å². The minimum atomic E-state index is -1.26. The van der Waals surface area contributed by atoms with Gasteiger partial charge in [-0.15, -0.1) is 68.0 Å². The highest BCUT2D eigenvalue weighted by atomic mass is 32.1. The van der Waals surface area contributed by atoms with Crippen molar-refractivity contribution in [1.82, 2.24) is 71.7 Å². The maximum absolute atomic E-state index is 14.3. The molecule has 8 aromatic rings. The third-order valence-electron chi connectivity index (χ3n) is 14.0. The van der Waals surface area contributed by atoms with Crippen LogP contribution in [0.15, 0.2) is 69.4 Å². The van der Waals surface area contributed by atoms with Gasteiger partial charge in [-0.3, -0.25) is 38.9 Å². The first kappa shape index (κ1) is 58.1. The van der Waals surface area contributed by atoms with E-state index in [4.69, 9.17) is 35.4 Å². The molecule has 0 spiro atoms. The summed E-state index contributed by atoms with van der Waals surface area (Å²) in [7, 11) is 1.48. The number of hydrogen-bond donors (Lipinski definition) is 8. The van der Waals surface area contributed by atoms with Crippen LogP contribution in [-0.2, 0) is 23.9 Å². The fourth-order valence-corrected chi connectivity index (χ4v) is 15.0. The molecule has 3 aliphatic rings. The number of carbonyl (C=O) groups is 7. The molecule has 434 valence electrons. The number of primary amides is 1. The number of aliphatic hydroxyl groups excluding tert-OH is 1. The monoisotopic (exact) mass is 1250 g/mol. The second-order valence-corrected chi connectivity index (χ2v) is 25.6. The van der Waals surface area contributed by atoms with Gasteiger partial charge < -0.3 is 47.1 Å². The number of ether oxygens (including phenoxy) is 1. The van der Waals surface area contributed by atoms with E-state index in [1.165, 1.54) is 62.7 Å². The Kier molecular flexibility index (Phi) is 17.2. The molecule has 84 heavy (non-hydrogen) atoms. The van der Waals surface area contributed by atoms with E-state index >= 15 is 0 Å². The van der Waals surface area contributed by atoms with Crippen LogP contribution in [0.4, 0.5) is 0 Å². The summed E-state index contributed by atoms with van der Waals surface area (Å²) >= 11 is 7.28. The average Bonchev–Trinajstić information content (AvgIpc) is 3.02. The zero-order chi connectivity index (χ0) is 58.9.